The first-order valence-corrected chi connectivity index (χ1v) is 8.39. The van der Waals surface area contributed by atoms with E-state index in [2.05, 4.69) is 10.1 Å². The van der Waals surface area contributed by atoms with Crippen molar-refractivity contribution in [2.24, 2.45) is 5.41 Å². The molecule has 1 aromatic carbocycles. The number of aryl methyl sites for hydroxylation is 1. The summed E-state index contributed by atoms with van der Waals surface area (Å²) in [4.78, 5) is 29.5. The topological polar surface area (TPSA) is 106 Å². The smallest absolute Gasteiger partial charge is 0.311 e. The van der Waals surface area contributed by atoms with Crippen LogP contribution in [0.5, 0.6) is 5.75 Å². The van der Waals surface area contributed by atoms with Crippen LogP contribution in [0.4, 0.5) is 0 Å². The quantitative estimate of drug-likeness (QED) is 0.841. The Morgan fingerprint density at radius 1 is 1.35 bits per heavy atom. The highest BCUT2D eigenvalue weighted by Crippen LogP contribution is 2.30. The number of methoxy groups -OCH3 is 1. The van der Waals surface area contributed by atoms with Gasteiger partial charge >= 0.3 is 5.97 Å². The molecule has 2 heterocycles. The molecule has 0 saturated carbocycles. The molecule has 3 rings (SSSR count). The first kappa shape index (κ1) is 17.9. The first-order chi connectivity index (χ1) is 12.4. The molecule has 0 radical (unpaired) electrons. The minimum atomic E-state index is -0.867. The fraction of sp³-hybridized carbons (Fsp3) is 0.444. The lowest BCUT2D eigenvalue weighted by atomic mass is 9.90. The minimum Gasteiger partial charge on any atom is -0.497 e. The number of carboxylic acid groups (broad SMARTS) is 1. The lowest BCUT2D eigenvalue weighted by Crippen LogP contribution is -2.34. The van der Waals surface area contributed by atoms with Gasteiger partial charge in [0.1, 0.15) is 5.75 Å². The van der Waals surface area contributed by atoms with Crippen molar-refractivity contribution in [2.45, 2.75) is 26.2 Å². The number of nitrogens with zero attached hydrogens (tertiary/aromatic N) is 3. The fourth-order valence-corrected chi connectivity index (χ4v) is 2.93. The summed E-state index contributed by atoms with van der Waals surface area (Å²) in [6.45, 7) is 2.37. The van der Waals surface area contributed by atoms with Crippen molar-refractivity contribution in [3.63, 3.8) is 0 Å². The number of aromatic nitrogens is 2. The molecule has 1 fully saturated rings. The van der Waals surface area contributed by atoms with Gasteiger partial charge < -0.3 is 19.3 Å². The van der Waals surface area contributed by atoms with E-state index in [0.717, 1.165) is 11.3 Å². The summed E-state index contributed by atoms with van der Waals surface area (Å²) >= 11 is 0. The van der Waals surface area contributed by atoms with Crippen molar-refractivity contribution in [1.82, 2.24) is 15.0 Å². The summed E-state index contributed by atoms with van der Waals surface area (Å²) in [6, 6.07) is 7.27. The molecule has 1 N–H and O–H groups in total. The number of amides is 1. The Bertz CT molecular complexity index is 801. The molecule has 1 aromatic heterocycles. The largest absolute Gasteiger partial charge is 0.497 e. The van der Waals surface area contributed by atoms with Crippen LogP contribution in [0.3, 0.4) is 0 Å². The van der Waals surface area contributed by atoms with Gasteiger partial charge in [-0.15, -0.1) is 0 Å². The number of benzene rings is 1. The molecule has 1 unspecified atom stereocenters. The number of hydrogen-bond donors (Lipinski definition) is 1. The van der Waals surface area contributed by atoms with E-state index < -0.39 is 11.4 Å². The van der Waals surface area contributed by atoms with Gasteiger partial charge in [-0.2, -0.15) is 4.98 Å². The number of ether oxygens (including phenoxy) is 1. The van der Waals surface area contributed by atoms with Crippen molar-refractivity contribution in [3.8, 4) is 17.1 Å². The second-order valence-corrected chi connectivity index (χ2v) is 6.67. The third kappa shape index (κ3) is 3.68. The summed E-state index contributed by atoms with van der Waals surface area (Å²) in [7, 11) is 1.60. The molecule has 138 valence electrons. The van der Waals surface area contributed by atoms with Gasteiger partial charge in [0.15, 0.2) is 0 Å². The second kappa shape index (κ2) is 7.15. The van der Waals surface area contributed by atoms with Gasteiger partial charge in [-0.25, -0.2) is 0 Å². The highest BCUT2D eigenvalue weighted by Gasteiger charge is 2.41. The van der Waals surface area contributed by atoms with Gasteiger partial charge in [-0.3, -0.25) is 9.59 Å². The molecule has 0 spiro atoms. The predicted molar refractivity (Wildman–Crippen MR) is 91.5 cm³/mol. The van der Waals surface area contributed by atoms with Gasteiger partial charge in [0.05, 0.1) is 12.5 Å². The number of aliphatic carboxylic acids is 1. The normalized spacial score (nSPS) is 19.5. The van der Waals surface area contributed by atoms with E-state index in [0.29, 0.717) is 31.1 Å². The van der Waals surface area contributed by atoms with Crippen LogP contribution in [0.25, 0.3) is 11.4 Å². The van der Waals surface area contributed by atoms with Crippen LogP contribution in [-0.4, -0.2) is 52.2 Å². The zero-order valence-corrected chi connectivity index (χ0v) is 14.8. The lowest BCUT2D eigenvalue weighted by molar-refractivity contribution is -0.147. The van der Waals surface area contributed by atoms with Crippen LogP contribution < -0.4 is 4.74 Å². The van der Waals surface area contributed by atoms with Crippen molar-refractivity contribution < 1.29 is 24.0 Å². The minimum absolute atomic E-state index is 0.0980. The van der Waals surface area contributed by atoms with Crippen molar-refractivity contribution in [3.05, 3.63) is 30.2 Å². The van der Waals surface area contributed by atoms with E-state index in [4.69, 9.17) is 9.26 Å². The average Bonchev–Trinajstić information content (AvgIpc) is 3.27. The first-order valence-electron chi connectivity index (χ1n) is 8.39. The summed E-state index contributed by atoms with van der Waals surface area (Å²) in [6.07, 6.45) is 0.998. The van der Waals surface area contributed by atoms with Crippen LogP contribution in [0.1, 0.15) is 25.7 Å². The zero-order valence-electron chi connectivity index (χ0n) is 14.8. The molecular formula is C18H21N3O5. The van der Waals surface area contributed by atoms with E-state index in [1.807, 2.05) is 24.3 Å². The van der Waals surface area contributed by atoms with E-state index in [-0.39, 0.29) is 18.9 Å². The highest BCUT2D eigenvalue weighted by atomic mass is 16.5. The Morgan fingerprint density at radius 2 is 2.08 bits per heavy atom. The number of rotatable bonds is 6. The SMILES string of the molecule is COc1ccc(-c2noc(CCC(=O)N3CCC(C)(C(=O)O)C3)n2)cc1. The van der Waals surface area contributed by atoms with Crippen molar-refractivity contribution in [1.29, 1.82) is 0 Å². The summed E-state index contributed by atoms with van der Waals surface area (Å²) < 4.78 is 10.3. The molecule has 26 heavy (non-hydrogen) atoms. The summed E-state index contributed by atoms with van der Waals surface area (Å²) in [5.41, 5.74) is -0.0642. The molecule has 1 aliphatic heterocycles. The maximum atomic E-state index is 12.3. The molecule has 2 aromatic rings. The molecule has 1 saturated heterocycles. The van der Waals surface area contributed by atoms with E-state index in [1.54, 1.807) is 18.9 Å². The van der Waals surface area contributed by atoms with Crippen LogP contribution in [0, 0.1) is 5.41 Å². The number of carbonyl (C=O) groups excluding carboxylic acids is 1. The molecule has 8 nitrogen and oxygen atoms in total. The van der Waals surface area contributed by atoms with Gasteiger partial charge in [0.25, 0.3) is 0 Å². The monoisotopic (exact) mass is 359 g/mol. The standard InChI is InChI=1S/C18H21N3O5/c1-18(17(23)24)9-10-21(11-18)15(22)8-7-14-19-16(20-26-14)12-3-5-13(25-2)6-4-12/h3-6H,7-11H2,1-2H3,(H,23,24). The Labute approximate surface area is 150 Å². The molecule has 1 atom stereocenters. The Kier molecular flexibility index (Phi) is 4.92. The summed E-state index contributed by atoms with van der Waals surface area (Å²) in [5, 5.41) is 13.2. The molecule has 0 aliphatic carbocycles. The Hall–Kier alpha value is -2.90. The number of hydrogen-bond acceptors (Lipinski definition) is 6. The number of carbonyl (C=O) groups is 2. The number of likely N-dealkylation sites (tertiary alicyclic amines) is 1. The average molecular weight is 359 g/mol. The Morgan fingerprint density at radius 3 is 2.69 bits per heavy atom. The van der Waals surface area contributed by atoms with Crippen LogP contribution in [-0.2, 0) is 16.0 Å². The maximum absolute atomic E-state index is 12.3. The molecule has 0 bridgehead atoms. The van der Waals surface area contributed by atoms with Gasteiger partial charge in [0, 0.05) is 31.5 Å². The van der Waals surface area contributed by atoms with Crippen molar-refractivity contribution >= 4 is 11.9 Å². The van der Waals surface area contributed by atoms with E-state index in [1.165, 1.54) is 0 Å². The molecule has 1 aliphatic rings. The zero-order chi connectivity index (χ0) is 18.7. The number of carboxylic acids is 1. The van der Waals surface area contributed by atoms with E-state index >= 15 is 0 Å². The van der Waals surface area contributed by atoms with Crippen LogP contribution in [0.2, 0.25) is 0 Å². The lowest BCUT2D eigenvalue weighted by Gasteiger charge is -2.19. The molecular weight excluding hydrogens is 338 g/mol. The van der Waals surface area contributed by atoms with E-state index in [9.17, 15) is 14.7 Å². The second-order valence-electron chi connectivity index (χ2n) is 6.67. The third-order valence-electron chi connectivity index (χ3n) is 4.71. The van der Waals surface area contributed by atoms with Gasteiger partial charge in [-0.1, -0.05) is 5.16 Å². The van der Waals surface area contributed by atoms with Crippen LogP contribution >= 0.6 is 0 Å². The highest BCUT2D eigenvalue weighted by molar-refractivity contribution is 5.80. The van der Waals surface area contributed by atoms with Crippen molar-refractivity contribution in [2.75, 3.05) is 20.2 Å². The fourth-order valence-electron chi connectivity index (χ4n) is 2.93. The van der Waals surface area contributed by atoms with Gasteiger partial charge in [0.2, 0.25) is 17.6 Å². The summed E-state index contributed by atoms with van der Waals surface area (Å²) in [5.74, 6) is 0.606. The maximum Gasteiger partial charge on any atom is 0.311 e. The predicted octanol–water partition coefficient (Wildman–Crippen LogP) is 2.00. The van der Waals surface area contributed by atoms with Gasteiger partial charge in [-0.05, 0) is 37.6 Å². The molecule has 1 amide bonds. The Balaban J connectivity index is 1.56. The van der Waals surface area contributed by atoms with Crippen LogP contribution in [0.15, 0.2) is 28.8 Å². The molecule has 8 heteroatoms. The third-order valence-corrected chi connectivity index (χ3v) is 4.71.